The number of nitrogens with one attached hydrogen (secondary N) is 1. The summed E-state index contributed by atoms with van der Waals surface area (Å²) in [7, 11) is 6.20. The van der Waals surface area contributed by atoms with Gasteiger partial charge in [0.2, 0.25) is 0 Å². The summed E-state index contributed by atoms with van der Waals surface area (Å²) < 4.78 is 5.58. The van der Waals surface area contributed by atoms with E-state index in [0.717, 1.165) is 38.5 Å². The fourth-order valence-electron chi connectivity index (χ4n) is 2.02. The van der Waals surface area contributed by atoms with E-state index in [2.05, 4.69) is 42.2 Å². The summed E-state index contributed by atoms with van der Waals surface area (Å²) in [4.78, 5) is 4.66. The molecule has 0 aliphatic rings. The minimum Gasteiger partial charge on any atom is -0.468 e. The van der Waals surface area contributed by atoms with Crippen LogP contribution in [0.5, 0.6) is 0 Å². The second-order valence-corrected chi connectivity index (χ2v) is 4.92. The molecule has 1 heterocycles. The lowest BCUT2D eigenvalue weighted by molar-refractivity contribution is 0.239. The summed E-state index contributed by atoms with van der Waals surface area (Å²) in [6, 6.07) is 2.06. The van der Waals surface area contributed by atoms with E-state index in [-0.39, 0.29) is 0 Å². The van der Waals surface area contributed by atoms with Crippen molar-refractivity contribution in [2.75, 3.05) is 40.8 Å². The summed E-state index contributed by atoms with van der Waals surface area (Å²) in [6.07, 6.45) is 2.98. The smallest absolute Gasteiger partial charge is 0.122 e. The van der Waals surface area contributed by atoms with Gasteiger partial charge in [-0.1, -0.05) is 6.92 Å². The summed E-state index contributed by atoms with van der Waals surface area (Å²) in [5.74, 6) is 1.09. The van der Waals surface area contributed by atoms with Crippen LogP contribution < -0.4 is 5.32 Å². The van der Waals surface area contributed by atoms with Gasteiger partial charge in [-0.05, 0) is 53.3 Å². The van der Waals surface area contributed by atoms with Gasteiger partial charge in [-0.3, -0.25) is 4.90 Å². The molecule has 0 spiro atoms. The van der Waals surface area contributed by atoms with Gasteiger partial charge in [-0.15, -0.1) is 0 Å². The van der Waals surface area contributed by atoms with Crippen molar-refractivity contribution in [1.82, 2.24) is 15.1 Å². The molecule has 0 radical (unpaired) electrons. The topological polar surface area (TPSA) is 31.6 Å². The first-order valence-electron chi connectivity index (χ1n) is 6.74. The van der Waals surface area contributed by atoms with Crippen LogP contribution >= 0.6 is 0 Å². The molecular formula is C14H27N3O. The third-order valence-corrected chi connectivity index (χ3v) is 3.10. The molecule has 1 N–H and O–H groups in total. The number of furan rings is 1. The molecule has 18 heavy (non-hydrogen) atoms. The van der Waals surface area contributed by atoms with E-state index in [0.29, 0.717) is 0 Å². The molecule has 104 valence electrons. The Morgan fingerprint density at radius 2 is 2.06 bits per heavy atom. The molecule has 0 saturated heterocycles. The lowest BCUT2D eigenvalue weighted by atomic mass is 10.2. The van der Waals surface area contributed by atoms with Gasteiger partial charge < -0.3 is 14.6 Å². The van der Waals surface area contributed by atoms with Crippen LogP contribution in [0.2, 0.25) is 0 Å². The van der Waals surface area contributed by atoms with Gasteiger partial charge in [0.1, 0.15) is 5.76 Å². The quantitative estimate of drug-likeness (QED) is 0.727. The third kappa shape index (κ3) is 5.21. The molecule has 0 aliphatic heterocycles. The summed E-state index contributed by atoms with van der Waals surface area (Å²) in [5, 5.41) is 3.17. The molecule has 4 heteroatoms. The van der Waals surface area contributed by atoms with Crippen LogP contribution in [0.1, 0.15) is 24.7 Å². The zero-order chi connectivity index (χ0) is 13.4. The van der Waals surface area contributed by atoms with E-state index >= 15 is 0 Å². The SMILES string of the molecule is CCN(CCCN(C)C)Cc1occc1CNC. The predicted octanol–water partition coefficient (Wildman–Crippen LogP) is 1.77. The third-order valence-electron chi connectivity index (χ3n) is 3.10. The molecule has 4 nitrogen and oxygen atoms in total. The van der Waals surface area contributed by atoms with Gasteiger partial charge in [-0.25, -0.2) is 0 Å². The minimum atomic E-state index is 0.876. The van der Waals surface area contributed by atoms with Gasteiger partial charge in [-0.2, -0.15) is 0 Å². The van der Waals surface area contributed by atoms with Crippen molar-refractivity contribution in [3.63, 3.8) is 0 Å². The molecule has 0 amide bonds. The molecule has 0 unspecified atom stereocenters. The summed E-state index contributed by atoms with van der Waals surface area (Å²) >= 11 is 0. The Hall–Kier alpha value is -0.840. The van der Waals surface area contributed by atoms with E-state index in [1.54, 1.807) is 6.26 Å². The van der Waals surface area contributed by atoms with Crippen LogP contribution in [0.15, 0.2) is 16.7 Å². The van der Waals surface area contributed by atoms with Gasteiger partial charge >= 0.3 is 0 Å². The molecule has 1 aromatic rings. The fourth-order valence-corrected chi connectivity index (χ4v) is 2.02. The molecule has 0 aromatic carbocycles. The maximum atomic E-state index is 5.58. The highest BCUT2D eigenvalue weighted by molar-refractivity contribution is 5.16. The highest BCUT2D eigenvalue weighted by atomic mass is 16.3. The number of hydrogen-bond donors (Lipinski definition) is 1. The Labute approximate surface area is 111 Å². The lowest BCUT2D eigenvalue weighted by Gasteiger charge is -2.20. The molecule has 1 rings (SSSR count). The van der Waals surface area contributed by atoms with Crippen molar-refractivity contribution >= 4 is 0 Å². The average molecular weight is 253 g/mol. The van der Waals surface area contributed by atoms with Crippen LogP contribution in [0.4, 0.5) is 0 Å². The summed E-state index contributed by atoms with van der Waals surface area (Å²) in [5.41, 5.74) is 1.27. The van der Waals surface area contributed by atoms with Crippen molar-refractivity contribution < 1.29 is 4.42 Å². The van der Waals surface area contributed by atoms with Gasteiger partial charge in [0.05, 0.1) is 12.8 Å². The Balaban J connectivity index is 2.43. The number of hydrogen-bond acceptors (Lipinski definition) is 4. The lowest BCUT2D eigenvalue weighted by Crippen LogP contribution is -2.27. The number of nitrogens with zero attached hydrogens (tertiary/aromatic N) is 2. The largest absolute Gasteiger partial charge is 0.468 e. The molecule has 0 atom stereocenters. The first-order chi connectivity index (χ1) is 8.67. The zero-order valence-corrected chi connectivity index (χ0v) is 12.2. The highest BCUT2D eigenvalue weighted by Gasteiger charge is 2.10. The maximum absolute atomic E-state index is 5.58. The van der Waals surface area contributed by atoms with Crippen molar-refractivity contribution in [1.29, 1.82) is 0 Å². The minimum absolute atomic E-state index is 0.876. The normalized spacial score (nSPS) is 11.7. The Morgan fingerprint density at radius 3 is 2.67 bits per heavy atom. The first-order valence-corrected chi connectivity index (χ1v) is 6.74. The molecule has 0 bridgehead atoms. The molecular weight excluding hydrogens is 226 g/mol. The van der Waals surface area contributed by atoms with Crippen molar-refractivity contribution in [3.8, 4) is 0 Å². The van der Waals surface area contributed by atoms with Crippen LogP contribution in [0.3, 0.4) is 0 Å². The number of rotatable bonds is 9. The molecule has 0 saturated carbocycles. The summed E-state index contributed by atoms with van der Waals surface area (Å²) in [6.45, 7) is 7.31. The van der Waals surface area contributed by atoms with Crippen molar-refractivity contribution in [3.05, 3.63) is 23.7 Å². The van der Waals surface area contributed by atoms with E-state index in [9.17, 15) is 0 Å². The average Bonchev–Trinajstić information content (AvgIpc) is 2.75. The van der Waals surface area contributed by atoms with E-state index in [1.165, 1.54) is 12.0 Å². The van der Waals surface area contributed by atoms with Crippen LogP contribution in [-0.2, 0) is 13.1 Å². The maximum Gasteiger partial charge on any atom is 0.122 e. The highest BCUT2D eigenvalue weighted by Crippen LogP contribution is 2.13. The van der Waals surface area contributed by atoms with Crippen molar-refractivity contribution in [2.24, 2.45) is 0 Å². The van der Waals surface area contributed by atoms with Crippen LogP contribution in [-0.4, -0.2) is 50.6 Å². The van der Waals surface area contributed by atoms with Crippen LogP contribution in [0, 0.1) is 0 Å². The van der Waals surface area contributed by atoms with Gasteiger partial charge in [0.25, 0.3) is 0 Å². The molecule has 0 aliphatic carbocycles. The van der Waals surface area contributed by atoms with Crippen molar-refractivity contribution in [2.45, 2.75) is 26.4 Å². The molecule has 0 fully saturated rings. The van der Waals surface area contributed by atoms with Gasteiger partial charge in [0, 0.05) is 12.1 Å². The Morgan fingerprint density at radius 1 is 1.28 bits per heavy atom. The second-order valence-electron chi connectivity index (χ2n) is 4.92. The van der Waals surface area contributed by atoms with E-state index in [4.69, 9.17) is 4.42 Å². The van der Waals surface area contributed by atoms with E-state index < -0.39 is 0 Å². The second kappa shape index (κ2) is 8.29. The Bertz CT molecular complexity index is 323. The first kappa shape index (κ1) is 15.2. The molecule has 1 aromatic heterocycles. The Kier molecular flexibility index (Phi) is 7.01. The van der Waals surface area contributed by atoms with E-state index in [1.807, 2.05) is 7.05 Å². The fraction of sp³-hybridized carbons (Fsp3) is 0.714. The zero-order valence-electron chi connectivity index (χ0n) is 12.2. The van der Waals surface area contributed by atoms with Crippen LogP contribution in [0.25, 0.3) is 0 Å². The van der Waals surface area contributed by atoms with Gasteiger partial charge in [0.15, 0.2) is 0 Å². The monoisotopic (exact) mass is 253 g/mol. The predicted molar refractivity (Wildman–Crippen MR) is 75.6 cm³/mol. The standard InChI is InChI=1S/C14H27N3O/c1-5-17(9-6-8-16(3)4)12-14-13(11-15-2)7-10-18-14/h7,10,15H,5-6,8-9,11-12H2,1-4H3.